The van der Waals surface area contributed by atoms with E-state index < -0.39 is 6.09 Å². The van der Waals surface area contributed by atoms with Crippen LogP contribution in [0.2, 0.25) is 0 Å². The number of benzene rings is 2. The van der Waals surface area contributed by atoms with Gasteiger partial charge in [-0.2, -0.15) is 0 Å². The number of ether oxygens (including phenoxy) is 2. The second-order valence-electron chi connectivity index (χ2n) is 8.06. The van der Waals surface area contributed by atoms with Gasteiger partial charge in [-0.25, -0.2) is 9.18 Å². The number of esters is 1. The molecule has 0 saturated heterocycles. The second-order valence-corrected chi connectivity index (χ2v) is 8.06. The summed E-state index contributed by atoms with van der Waals surface area (Å²) in [4.78, 5) is 24.7. The predicted octanol–water partition coefficient (Wildman–Crippen LogP) is 4.77. The van der Waals surface area contributed by atoms with Crippen LogP contribution < -0.4 is 5.32 Å². The third kappa shape index (κ3) is 4.92. The number of aromatic nitrogens is 1. The zero-order valence-electron chi connectivity index (χ0n) is 18.6. The number of nitrogens with one attached hydrogen (secondary N) is 1. The van der Waals surface area contributed by atoms with E-state index in [9.17, 15) is 14.0 Å². The Balaban J connectivity index is 1.58. The van der Waals surface area contributed by atoms with Crippen LogP contribution in [0.1, 0.15) is 35.7 Å². The minimum atomic E-state index is -0.486. The molecule has 0 radical (unpaired) electrons. The van der Waals surface area contributed by atoms with Gasteiger partial charge >= 0.3 is 12.1 Å². The molecule has 0 spiro atoms. The Kier molecular flexibility index (Phi) is 6.77. The molecule has 0 aliphatic heterocycles. The van der Waals surface area contributed by atoms with E-state index in [2.05, 4.69) is 11.9 Å². The van der Waals surface area contributed by atoms with Gasteiger partial charge in [0, 0.05) is 22.7 Å². The highest BCUT2D eigenvalue weighted by atomic mass is 19.1. The maximum absolute atomic E-state index is 14.4. The van der Waals surface area contributed by atoms with Crippen LogP contribution >= 0.6 is 0 Å². The van der Waals surface area contributed by atoms with E-state index >= 15 is 0 Å². The summed E-state index contributed by atoms with van der Waals surface area (Å²) in [5.41, 5.74) is 4.18. The Morgan fingerprint density at radius 2 is 2.03 bits per heavy atom. The standard InChI is InChI=1S/C26H27FN2O4/c1-3-18-12-19(27)13-22-21-14-20(28-26(31)33-16-17-8-6-5-7-9-17)10-11-23(21)29(25(18)22)15-24(30)32-4-2/h3,5-9,12-13,20H,1,4,10-11,14-16H2,2H3,(H,28,31)/t20-/m0/s1. The van der Waals surface area contributed by atoms with Gasteiger partial charge in [-0.05, 0) is 49.4 Å². The first-order chi connectivity index (χ1) is 16.0. The number of hydrogen-bond acceptors (Lipinski definition) is 4. The molecule has 6 nitrogen and oxygen atoms in total. The van der Waals surface area contributed by atoms with E-state index in [1.54, 1.807) is 13.0 Å². The molecular formula is C26H27FN2O4. The molecule has 0 bridgehead atoms. The Bertz CT molecular complexity index is 1190. The molecule has 1 aromatic heterocycles. The number of fused-ring (bicyclic) bond motifs is 3. The first-order valence-electron chi connectivity index (χ1n) is 11.1. The van der Waals surface area contributed by atoms with Gasteiger partial charge in [0.1, 0.15) is 19.0 Å². The van der Waals surface area contributed by atoms with Gasteiger partial charge < -0.3 is 19.4 Å². The number of alkyl carbamates (subject to hydrolysis) is 1. The summed E-state index contributed by atoms with van der Waals surface area (Å²) < 4.78 is 26.8. The monoisotopic (exact) mass is 450 g/mol. The molecule has 0 saturated carbocycles. The number of nitrogens with zero attached hydrogens (tertiary/aromatic N) is 1. The van der Waals surface area contributed by atoms with Gasteiger partial charge in [-0.15, -0.1) is 0 Å². The topological polar surface area (TPSA) is 69.6 Å². The van der Waals surface area contributed by atoms with Crippen LogP contribution in [0.25, 0.3) is 17.0 Å². The van der Waals surface area contributed by atoms with Crippen molar-refractivity contribution in [2.75, 3.05) is 6.61 Å². The number of halogens is 1. The molecule has 4 rings (SSSR count). The van der Waals surface area contributed by atoms with Crippen LogP contribution in [-0.2, 0) is 40.3 Å². The summed E-state index contributed by atoms with van der Waals surface area (Å²) in [6.45, 7) is 6.11. The van der Waals surface area contributed by atoms with E-state index in [0.29, 0.717) is 31.4 Å². The fraction of sp³-hybridized carbons (Fsp3) is 0.308. The molecule has 1 aliphatic carbocycles. The third-order valence-electron chi connectivity index (χ3n) is 5.90. The lowest BCUT2D eigenvalue weighted by Gasteiger charge is -2.24. The summed E-state index contributed by atoms with van der Waals surface area (Å²) in [5.74, 6) is -0.716. The van der Waals surface area contributed by atoms with Crippen molar-refractivity contribution >= 4 is 29.0 Å². The van der Waals surface area contributed by atoms with Crippen molar-refractivity contribution in [3.63, 3.8) is 0 Å². The molecule has 3 aromatic rings. The molecule has 1 aliphatic rings. The first-order valence-corrected chi connectivity index (χ1v) is 11.1. The highest BCUT2D eigenvalue weighted by molar-refractivity contribution is 5.93. The summed E-state index contributed by atoms with van der Waals surface area (Å²) in [6, 6.07) is 12.2. The second kappa shape index (κ2) is 9.90. The molecule has 0 fully saturated rings. The van der Waals surface area contributed by atoms with E-state index in [4.69, 9.17) is 9.47 Å². The highest BCUT2D eigenvalue weighted by Crippen LogP contribution is 2.35. The molecule has 1 heterocycles. The number of carbonyl (C=O) groups excluding carboxylic acids is 2. The van der Waals surface area contributed by atoms with Crippen molar-refractivity contribution in [1.29, 1.82) is 0 Å². The van der Waals surface area contributed by atoms with Crippen molar-refractivity contribution in [3.8, 4) is 0 Å². The number of carbonyl (C=O) groups is 2. The van der Waals surface area contributed by atoms with Crippen LogP contribution in [-0.4, -0.2) is 29.3 Å². The van der Waals surface area contributed by atoms with E-state index in [-0.39, 0.29) is 31.0 Å². The predicted molar refractivity (Wildman–Crippen MR) is 124 cm³/mol. The lowest BCUT2D eigenvalue weighted by atomic mass is 9.91. The molecule has 172 valence electrons. The minimum absolute atomic E-state index is 0.0450. The fourth-order valence-corrected chi connectivity index (χ4v) is 4.50. The quantitative estimate of drug-likeness (QED) is 0.527. The fourth-order valence-electron chi connectivity index (χ4n) is 4.50. The first kappa shape index (κ1) is 22.6. The summed E-state index contributed by atoms with van der Waals surface area (Å²) in [5, 5.41) is 3.66. The SMILES string of the molecule is C=Cc1cc(F)cc2c3c(n(CC(=O)OCC)c12)CC[C@H](NC(=O)OCc1ccccc1)C3. The zero-order chi connectivity index (χ0) is 23.4. The van der Waals surface area contributed by atoms with Gasteiger partial charge in [-0.3, -0.25) is 4.79 Å². The van der Waals surface area contributed by atoms with Crippen molar-refractivity contribution in [2.45, 2.75) is 45.4 Å². The Morgan fingerprint density at radius 3 is 2.76 bits per heavy atom. The van der Waals surface area contributed by atoms with Crippen molar-refractivity contribution < 1.29 is 23.5 Å². The van der Waals surface area contributed by atoms with E-state index in [1.807, 2.05) is 34.9 Å². The molecule has 33 heavy (non-hydrogen) atoms. The smallest absolute Gasteiger partial charge is 0.407 e. The van der Waals surface area contributed by atoms with Gasteiger partial charge in [0.15, 0.2) is 0 Å². The lowest BCUT2D eigenvalue weighted by molar-refractivity contribution is -0.143. The van der Waals surface area contributed by atoms with Crippen molar-refractivity contribution in [1.82, 2.24) is 9.88 Å². The van der Waals surface area contributed by atoms with Gasteiger partial charge in [0.05, 0.1) is 12.1 Å². The average molecular weight is 451 g/mol. The average Bonchev–Trinajstić information content (AvgIpc) is 3.10. The summed E-state index contributed by atoms with van der Waals surface area (Å²) >= 11 is 0. The van der Waals surface area contributed by atoms with Gasteiger partial charge in [0.2, 0.25) is 0 Å². The molecule has 0 unspecified atom stereocenters. The highest BCUT2D eigenvalue weighted by Gasteiger charge is 2.28. The number of amides is 1. The van der Waals surface area contributed by atoms with E-state index in [0.717, 1.165) is 27.7 Å². The molecule has 2 aromatic carbocycles. The molecule has 1 amide bonds. The van der Waals surface area contributed by atoms with Crippen LogP contribution in [0.3, 0.4) is 0 Å². The van der Waals surface area contributed by atoms with Crippen LogP contribution in [0.5, 0.6) is 0 Å². The molecule has 7 heteroatoms. The minimum Gasteiger partial charge on any atom is -0.465 e. The largest absolute Gasteiger partial charge is 0.465 e. The molecular weight excluding hydrogens is 423 g/mol. The van der Waals surface area contributed by atoms with Crippen molar-refractivity contribution in [3.05, 3.63) is 77.2 Å². The normalized spacial score (nSPS) is 15.0. The Labute approximate surface area is 192 Å². The lowest BCUT2D eigenvalue weighted by Crippen LogP contribution is -2.39. The Morgan fingerprint density at radius 1 is 1.24 bits per heavy atom. The van der Waals surface area contributed by atoms with Crippen LogP contribution in [0, 0.1) is 5.82 Å². The van der Waals surface area contributed by atoms with Crippen LogP contribution in [0.15, 0.2) is 49.0 Å². The van der Waals surface area contributed by atoms with Crippen molar-refractivity contribution in [2.24, 2.45) is 0 Å². The maximum Gasteiger partial charge on any atom is 0.407 e. The van der Waals surface area contributed by atoms with Crippen LogP contribution in [0.4, 0.5) is 9.18 Å². The molecule has 1 atom stereocenters. The zero-order valence-corrected chi connectivity index (χ0v) is 18.6. The van der Waals surface area contributed by atoms with Gasteiger partial charge in [-0.1, -0.05) is 43.0 Å². The third-order valence-corrected chi connectivity index (χ3v) is 5.90. The number of hydrogen-bond donors (Lipinski definition) is 1. The summed E-state index contributed by atoms with van der Waals surface area (Å²) in [6.07, 6.45) is 2.93. The summed E-state index contributed by atoms with van der Waals surface area (Å²) in [7, 11) is 0. The van der Waals surface area contributed by atoms with Gasteiger partial charge in [0.25, 0.3) is 0 Å². The maximum atomic E-state index is 14.4. The number of rotatable bonds is 7. The Hall–Kier alpha value is -3.61. The van der Waals surface area contributed by atoms with E-state index in [1.165, 1.54) is 12.1 Å². The molecule has 1 N–H and O–H groups in total.